The molecule has 0 aliphatic carbocycles. The molecule has 1 rings (SSSR count). The number of carbonyl (C=O) groups is 1. The molecule has 0 aromatic heterocycles. The minimum atomic E-state index is -0.342. The van der Waals surface area contributed by atoms with E-state index >= 15 is 0 Å². The van der Waals surface area contributed by atoms with Crippen LogP contribution in [0.3, 0.4) is 0 Å². The average molecular weight is 198 g/mol. The number of nitrogens with two attached hydrogens (primary N) is 1. The van der Waals surface area contributed by atoms with Crippen molar-refractivity contribution in [3.8, 4) is 0 Å². The van der Waals surface area contributed by atoms with E-state index in [-0.39, 0.29) is 11.9 Å². The lowest BCUT2D eigenvalue weighted by Gasteiger charge is -2.34. The Morgan fingerprint density at radius 1 is 1.29 bits per heavy atom. The first-order valence-electron chi connectivity index (χ1n) is 5.56. The van der Waals surface area contributed by atoms with Gasteiger partial charge in [0.1, 0.15) is 0 Å². The van der Waals surface area contributed by atoms with E-state index in [0.29, 0.717) is 0 Å². The predicted molar refractivity (Wildman–Crippen MR) is 57.8 cm³/mol. The summed E-state index contributed by atoms with van der Waals surface area (Å²) in [5, 5.41) is 0. The van der Waals surface area contributed by atoms with E-state index in [4.69, 9.17) is 5.73 Å². The third-order valence-electron chi connectivity index (χ3n) is 3.18. The summed E-state index contributed by atoms with van der Waals surface area (Å²) in [5.74, 6) is 1.63. The molecule has 2 N–H and O–H groups in total. The van der Waals surface area contributed by atoms with Gasteiger partial charge in [0.05, 0.1) is 6.04 Å². The molecule has 0 spiro atoms. The summed E-state index contributed by atoms with van der Waals surface area (Å²) in [5.41, 5.74) is 5.57. The van der Waals surface area contributed by atoms with Crippen LogP contribution in [0.4, 0.5) is 0 Å². The minimum Gasteiger partial charge on any atom is -0.341 e. The molecule has 3 heteroatoms. The molecule has 1 heterocycles. The number of amides is 1. The van der Waals surface area contributed by atoms with Gasteiger partial charge in [-0.25, -0.2) is 0 Å². The summed E-state index contributed by atoms with van der Waals surface area (Å²) in [6.07, 6.45) is 2.27. The van der Waals surface area contributed by atoms with Crippen molar-refractivity contribution in [2.45, 2.75) is 39.7 Å². The zero-order chi connectivity index (χ0) is 10.7. The third-order valence-corrected chi connectivity index (χ3v) is 3.18. The minimum absolute atomic E-state index is 0.104. The van der Waals surface area contributed by atoms with E-state index in [1.54, 1.807) is 6.92 Å². The zero-order valence-corrected chi connectivity index (χ0v) is 9.49. The maximum absolute atomic E-state index is 11.6. The molecule has 0 saturated carbocycles. The van der Waals surface area contributed by atoms with Crippen molar-refractivity contribution in [2.75, 3.05) is 13.1 Å². The fraction of sp³-hybridized carbons (Fsp3) is 0.909. The van der Waals surface area contributed by atoms with Crippen LogP contribution in [0.25, 0.3) is 0 Å². The van der Waals surface area contributed by atoms with Crippen LogP contribution in [0, 0.1) is 11.8 Å². The Kier molecular flexibility index (Phi) is 3.93. The van der Waals surface area contributed by atoms with Gasteiger partial charge in [-0.1, -0.05) is 13.8 Å². The molecule has 14 heavy (non-hydrogen) atoms. The van der Waals surface area contributed by atoms with Gasteiger partial charge < -0.3 is 10.6 Å². The van der Waals surface area contributed by atoms with Gasteiger partial charge in [0.2, 0.25) is 5.91 Å². The van der Waals surface area contributed by atoms with Gasteiger partial charge >= 0.3 is 0 Å². The Morgan fingerprint density at radius 3 is 2.14 bits per heavy atom. The second-order valence-corrected chi connectivity index (χ2v) is 4.70. The van der Waals surface area contributed by atoms with Crippen LogP contribution in [0.2, 0.25) is 0 Å². The second kappa shape index (κ2) is 4.78. The smallest absolute Gasteiger partial charge is 0.239 e. The van der Waals surface area contributed by atoms with Crippen molar-refractivity contribution in [3.63, 3.8) is 0 Å². The average Bonchev–Trinajstić information content (AvgIpc) is 2.16. The lowest BCUT2D eigenvalue weighted by atomic mass is 9.86. The van der Waals surface area contributed by atoms with Gasteiger partial charge in [-0.2, -0.15) is 0 Å². The number of carbonyl (C=O) groups excluding carboxylic acids is 1. The Hall–Kier alpha value is -0.570. The Balaban J connectivity index is 2.39. The zero-order valence-electron chi connectivity index (χ0n) is 9.49. The van der Waals surface area contributed by atoms with Gasteiger partial charge in [0.25, 0.3) is 0 Å². The van der Waals surface area contributed by atoms with Crippen molar-refractivity contribution in [3.05, 3.63) is 0 Å². The molecule has 0 aromatic carbocycles. The van der Waals surface area contributed by atoms with Crippen LogP contribution in [-0.2, 0) is 4.79 Å². The van der Waals surface area contributed by atoms with Crippen molar-refractivity contribution in [1.82, 2.24) is 4.90 Å². The molecule has 0 radical (unpaired) electrons. The molecule has 1 fully saturated rings. The predicted octanol–water partition coefficient (Wildman–Crippen LogP) is 1.23. The lowest BCUT2D eigenvalue weighted by Crippen LogP contribution is -2.46. The fourth-order valence-corrected chi connectivity index (χ4v) is 2.07. The lowest BCUT2D eigenvalue weighted by molar-refractivity contribution is -0.133. The highest BCUT2D eigenvalue weighted by atomic mass is 16.2. The first-order chi connectivity index (χ1) is 6.52. The van der Waals surface area contributed by atoms with Crippen LogP contribution >= 0.6 is 0 Å². The number of hydrogen-bond donors (Lipinski definition) is 1. The van der Waals surface area contributed by atoms with Gasteiger partial charge in [0.15, 0.2) is 0 Å². The topological polar surface area (TPSA) is 46.3 Å². The SMILES string of the molecule is CC(C)C1CCN(C(=O)[C@@H](C)N)CC1. The van der Waals surface area contributed by atoms with Crippen molar-refractivity contribution < 1.29 is 4.79 Å². The molecule has 3 nitrogen and oxygen atoms in total. The van der Waals surface area contributed by atoms with E-state index in [0.717, 1.165) is 37.8 Å². The van der Waals surface area contributed by atoms with Crippen LogP contribution in [0.1, 0.15) is 33.6 Å². The van der Waals surface area contributed by atoms with Crippen molar-refractivity contribution in [1.29, 1.82) is 0 Å². The fourth-order valence-electron chi connectivity index (χ4n) is 2.07. The van der Waals surface area contributed by atoms with Crippen LogP contribution in [-0.4, -0.2) is 29.9 Å². The molecule has 1 aliphatic rings. The summed E-state index contributed by atoms with van der Waals surface area (Å²) in [6, 6.07) is -0.342. The molecule has 82 valence electrons. The molecule has 1 atom stereocenters. The van der Waals surface area contributed by atoms with E-state index in [9.17, 15) is 4.79 Å². The van der Waals surface area contributed by atoms with Gasteiger partial charge in [-0.05, 0) is 31.6 Å². The largest absolute Gasteiger partial charge is 0.341 e. The monoisotopic (exact) mass is 198 g/mol. The van der Waals surface area contributed by atoms with Crippen LogP contribution in [0.5, 0.6) is 0 Å². The quantitative estimate of drug-likeness (QED) is 0.725. The van der Waals surface area contributed by atoms with E-state index in [2.05, 4.69) is 13.8 Å². The number of rotatable bonds is 2. The van der Waals surface area contributed by atoms with E-state index in [1.807, 2.05) is 4.90 Å². The molecule has 0 unspecified atom stereocenters. The molecule has 1 saturated heterocycles. The standard InChI is InChI=1S/C11H22N2O/c1-8(2)10-4-6-13(7-5-10)11(14)9(3)12/h8-10H,4-7,12H2,1-3H3/t9-/m1/s1. The van der Waals surface area contributed by atoms with Crippen LogP contribution < -0.4 is 5.73 Å². The van der Waals surface area contributed by atoms with Gasteiger partial charge in [-0.3, -0.25) is 4.79 Å². The second-order valence-electron chi connectivity index (χ2n) is 4.70. The van der Waals surface area contributed by atoms with Gasteiger partial charge in [0, 0.05) is 13.1 Å². The summed E-state index contributed by atoms with van der Waals surface area (Å²) in [6.45, 7) is 8.06. The Labute approximate surface area is 86.6 Å². The summed E-state index contributed by atoms with van der Waals surface area (Å²) < 4.78 is 0. The number of nitrogens with zero attached hydrogens (tertiary/aromatic N) is 1. The Bertz CT molecular complexity index is 193. The first-order valence-corrected chi connectivity index (χ1v) is 5.56. The summed E-state index contributed by atoms with van der Waals surface area (Å²) in [4.78, 5) is 13.5. The van der Waals surface area contributed by atoms with E-state index in [1.165, 1.54) is 0 Å². The number of likely N-dealkylation sites (tertiary alicyclic amines) is 1. The van der Waals surface area contributed by atoms with E-state index < -0.39 is 0 Å². The van der Waals surface area contributed by atoms with Crippen molar-refractivity contribution in [2.24, 2.45) is 17.6 Å². The number of hydrogen-bond acceptors (Lipinski definition) is 2. The normalized spacial score (nSPS) is 21.4. The maximum Gasteiger partial charge on any atom is 0.239 e. The maximum atomic E-state index is 11.6. The summed E-state index contributed by atoms with van der Waals surface area (Å²) in [7, 11) is 0. The third kappa shape index (κ3) is 2.71. The molecular formula is C11H22N2O. The molecule has 0 bridgehead atoms. The molecule has 0 aromatic rings. The Morgan fingerprint density at radius 2 is 1.79 bits per heavy atom. The highest BCUT2D eigenvalue weighted by Gasteiger charge is 2.25. The molecule has 1 aliphatic heterocycles. The molecular weight excluding hydrogens is 176 g/mol. The van der Waals surface area contributed by atoms with Gasteiger partial charge in [-0.15, -0.1) is 0 Å². The highest BCUT2D eigenvalue weighted by molar-refractivity contribution is 5.81. The number of piperidine rings is 1. The van der Waals surface area contributed by atoms with Crippen molar-refractivity contribution >= 4 is 5.91 Å². The molecule has 1 amide bonds. The highest BCUT2D eigenvalue weighted by Crippen LogP contribution is 2.24. The summed E-state index contributed by atoms with van der Waals surface area (Å²) >= 11 is 0. The van der Waals surface area contributed by atoms with Crippen LogP contribution in [0.15, 0.2) is 0 Å². The first kappa shape index (κ1) is 11.5.